The number of ether oxygens (including phenoxy) is 2. The minimum absolute atomic E-state index is 0.230. The van der Waals surface area contributed by atoms with Crippen molar-refractivity contribution in [3.05, 3.63) is 108 Å². The average Bonchev–Trinajstić information content (AvgIpc) is 3.06. The summed E-state index contributed by atoms with van der Waals surface area (Å²) in [6.45, 7) is 4.47. The molecule has 0 N–H and O–H groups in total. The summed E-state index contributed by atoms with van der Waals surface area (Å²) in [6.07, 6.45) is 16.9. The van der Waals surface area contributed by atoms with E-state index in [0.29, 0.717) is 11.5 Å². The van der Waals surface area contributed by atoms with Gasteiger partial charge in [0.1, 0.15) is 23.0 Å². The molecule has 0 aliphatic heterocycles. The molecule has 4 aromatic rings. The van der Waals surface area contributed by atoms with Crippen molar-refractivity contribution >= 4 is 9.84 Å². The fourth-order valence-electron chi connectivity index (χ4n) is 5.58. The molecule has 0 aliphatic rings. The average molecular weight is 627 g/mol. The Labute approximate surface area is 271 Å². The maximum atomic E-state index is 13.4. The third kappa shape index (κ3) is 10.8. The molecule has 0 heterocycles. The lowest BCUT2D eigenvalue weighted by molar-refractivity contribution is 0.473. The van der Waals surface area contributed by atoms with Crippen molar-refractivity contribution in [1.29, 1.82) is 0 Å². The van der Waals surface area contributed by atoms with Crippen LogP contribution in [0.25, 0.3) is 0 Å². The van der Waals surface area contributed by atoms with E-state index in [0.717, 1.165) is 37.2 Å². The molecule has 0 fully saturated rings. The van der Waals surface area contributed by atoms with Gasteiger partial charge in [-0.05, 0) is 97.5 Å². The fourth-order valence-corrected chi connectivity index (χ4v) is 6.84. The second-order valence-electron chi connectivity index (χ2n) is 11.9. The maximum Gasteiger partial charge on any atom is 0.206 e. The van der Waals surface area contributed by atoms with Crippen LogP contribution in [-0.4, -0.2) is 8.42 Å². The summed E-state index contributed by atoms with van der Waals surface area (Å²) < 4.78 is 39.2. The molecule has 0 amide bonds. The standard InChI is InChI=1S/C40H50O4S/c1-3-5-7-9-11-13-19-33-21-15-17-23-39(33)43-35-25-29-37(30-26-35)45(41,42)38-31-27-36(28-32-38)44-40-24-18-16-22-34(40)20-14-12-10-8-6-4-2/h15-18,21-32H,3-14,19-20H2,1-2H3. The Bertz CT molecular complexity index is 1410. The highest BCUT2D eigenvalue weighted by Crippen LogP contribution is 2.31. The number of para-hydroxylation sites is 2. The van der Waals surface area contributed by atoms with Crippen LogP contribution < -0.4 is 9.47 Å². The SMILES string of the molecule is CCCCCCCCc1ccccc1Oc1ccc(S(=O)(=O)c2ccc(Oc3ccccc3CCCCCCCC)cc2)cc1. The molecule has 0 aromatic heterocycles. The van der Waals surface area contributed by atoms with Crippen LogP contribution in [0.1, 0.15) is 102 Å². The number of hydrogen-bond donors (Lipinski definition) is 0. The summed E-state index contributed by atoms with van der Waals surface area (Å²) in [4.78, 5) is 0.460. The van der Waals surface area contributed by atoms with E-state index >= 15 is 0 Å². The number of aryl methyl sites for hydroxylation is 2. The second kappa shape index (κ2) is 18.4. The van der Waals surface area contributed by atoms with Crippen molar-refractivity contribution in [3.63, 3.8) is 0 Å². The highest BCUT2D eigenvalue weighted by atomic mass is 32.2. The van der Waals surface area contributed by atoms with Gasteiger partial charge in [0.05, 0.1) is 9.79 Å². The molecule has 0 saturated carbocycles. The molecular weight excluding hydrogens is 577 g/mol. The van der Waals surface area contributed by atoms with E-state index in [2.05, 4.69) is 26.0 Å². The molecular formula is C40H50O4S. The maximum absolute atomic E-state index is 13.4. The highest BCUT2D eigenvalue weighted by molar-refractivity contribution is 7.91. The van der Waals surface area contributed by atoms with Gasteiger partial charge in [-0.25, -0.2) is 8.42 Å². The van der Waals surface area contributed by atoms with E-state index in [1.54, 1.807) is 48.5 Å². The summed E-state index contributed by atoms with van der Waals surface area (Å²) in [6, 6.07) is 29.6. The normalized spacial score (nSPS) is 11.4. The largest absolute Gasteiger partial charge is 0.457 e. The molecule has 0 atom stereocenters. The summed E-state index contributed by atoms with van der Waals surface area (Å²) in [5.74, 6) is 2.89. The zero-order valence-corrected chi connectivity index (χ0v) is 28.0. The number of unbranched alkanes of at least 4 members (excludes halogenated alkanes) is 10. The Morgan fingerprint density at radius 3 is 1.20 bits per heavy atom. The molecule has 0 saturated heterocycles. The molecule has 4 rings (SSSR count). The topological polar surface area (TPSA) is 52.6 Å². The Morgan fingerprint density at radius 1 is 0.444 bits per heavy atom. The smallest absolute Gasteiger partial charge is 0.206 e. The van der Waals surface area contributed by atoms with Gasteiger partial charge in [-0.2, -0.15) is 0 Å². The van der Waals surface area contributed by atoms with Crippen molar-refractivity contribution in [2.45, 2.75) is 114 Å². The van der Waals surface area contributed by atoms with Gasteiger partial charge in [0.2, 0.25) is 9.84 Å². The van der Waals surface area contributed by atoms with Crippen LogP contribution in [0.3, 0.4) is 0 Å². The van der Waals surface area contributed by atoms with Gasteiger partial charge in [-0.3, -0.25) is 0 Å². The number of hydrogen-bond acceptors (Lipinski definition) is 4. The third-order valence-corrected chi connectivity index (χ3v) is 10.1. The quantitative estimate of drug-likeness (QED) is 0.0916. The lowest BCUT2D eigenvalue weighted by Crippen LogP contribution is -2.02. The van der Waals surface area contributed by atoms with E-state index in [9.17, 15) is 8.42 Å². The minimum Gasteiger partial charge on any atom is -0.457 e. The first-order valence-electron chi connectivity index (χ1n) is 17.0. The molecule has 0 aliphatic carbocycles. The predicted molar refractivity (Wildman–Crippen MR) is 186 cm³/mol. The van der Waals surface area contributed by atoms with Crippen molar-refractivity contribution in [2.24, 2.45) is 0 Å². The van der Waals surface area contributed by atoms with Gasteiger partial charge in [0, 0.05) is 0 Å². The molecule has 0 spiro atoms. The summed E-state index contributed by atoms with van der Waals surface area (Å²) >= 11 is 0. The van der Waals surface area contributed by atoms with Crippen molar-refractivity contribution in [1.82, 2.24) is 0 Å². The summed E-state index contributed by atoms with van der Waals surface area (Å²) in [7, 11) is -3.69. The fraction of sp³-hybridized carbons (Fsp3) is 0.400. The van der Waals surface area contributed by atoms with E-state index in [1.807, 2.05) is 36.4 Å². The summed E-state index contributed by atoms with van der Waals surface area (Å²) in [5, 5.41) is 0. The predicted octanol–water partition coefficient (Wildman–Crippen LogP) is 11.9. The molecule has 0 unspecified atom stereocenters. The monoisotopic (exact) mass is 626 g/mol. The van der Waals surface area contributed by atoms with Crippen LogP contribution in [0.2, 0.25) is 0 Å². The number of sulfone groups is 1. The Kier molecular flexibility index (Phi) is 14.0. The zero-order valence-electron chi connectivity index (χ0n) is 27.2. The Balaban J connectivity index is 1.34. The zero-order chi connectivity index (χ0) is 31.7. The number of rotatable bonds is 20. The minimum atomic E-state index is -3.69. The Morgan fingerprint density at radius 2 is 0.800 bits per heavy atom. The van der Waals surface area contributed by atoms with Crippen molar-refractivity contribution in [3.8, 4) is 23.0 Å². The van der Waals surface area contributed by atoms with Gasteiger partial charge in [-0.15, -0.1) is 0 Å². The van der Waals surface area contributed by atoms with Gasteiger partial charge in [0.15, 0.2) is 0 Å². The lowest BCUT2D eigenvalue weighted by Gasteiger charge is -2.13. The van der Waals surface area contributed by atoms with Crippen molar-refractivity contribution in [2.75, 3.05) is 0 Å². The van der Waals surface area contributed by atoms with E-state index in [4.69, 9.17) is 9.47 Å². The van der Waals surface area contributed by atoms with Crippen LogP contribution >= 0.6 is 0 Å². The van der Waals surface area contributed by atoms with E-state index in [1.165, 1.54) is 75.3 Å². The number of benzene rings is 4. The first kappa shape index (κ1) is 34.3. The molecule has 0 radical (unpaired) electrons. The van der Waals surface area contributed by atoms with Gasteiger partial charge >= 0.3 is 0 Å². The van der Waals surface area contributed by atoms with Crippen molar-refractivity contribution < 1.29 is 17.9 Å². The van der Waals surface area contributed by atoms with Gasteiger partial charge in [0.25, 0.3) is 0 Å². The Hall–Kier alpha value is -3.57. The van der Waals surface area contributed by atoms with Crippen LogP contribution in [0.15, 0.2) is 107 Å². The second-order valence-corrected chi connectivity index (χ2v) is 13.9. The molecule has 45 heavy (non-hydrogen) atoms. The first-order valence-corrected chi connectivity index (χ1v) is 18.5. The molecule has 5 heteroatoms. The summed E-state index contributed by atoms with van der Waals surface area (Å²) in [5.41, 5.74) is 2.36. The van der Waals surface area contributed by atoms with E-state index < -0.39 is 9.84 Å². The van der Waals surface area contributed by atoms with Crippen LogP contribution in [0.4, 0.5) is 0 Å². The molecule has 4 aromatic carbocycles. The first-order chi connectivity index (χ1) is 22.0. The molecule has 240 valence electrons. The molecule has 0 bridgehead atoms. The van der Waals surface area contributed by atoms with Crippen LogP contribution in [0.5, 0.6) is 23.0 Å². The lowest BCUT2D eigenvalue weighted by atomic mass is 10.0. The van der Waals surface area contributed by atoms with E-state index in [-0.39, 0.29) is 9.79 Å². The highest BCUT2D eigenvalue weighted by Gasteiger charge is 2.18. The van der Waals surface area contributed by atoms with Crippen LogP contribution in [0, 0.1) is 0 Å². The van der Waals surface area contributed by atoms with Gasteiger partial charge in [-0.1, -0.05) is 114 Å². The van der Waals surface area contributed by atoms with Gasteiger partial charge < -0.3 is 9.47 Å². The third-order valence-electron chi connectivity index (χ3n) is 8.27. The molecule has 4 nitrogen and oxygen atoms in total. The van der Waals surface area contributed by atoms with Crippen LogP contribution in [-0.2, 0) is 22.7 Å².